The van der Waals surface area contributed by atoms with Gasteiger partial charge in [0.2, 0.25) is 0 Å². The van der Waals surface area contributed by atoms with Crippen LogP contribution in [0, 0.1) is 5.41 Å². The number of anilines is 2. The summed E-state index contributed by atoms with van der Waals surface area (Å²) in [6.45, 7) is 1.51. The van der Waals surface area contributed by atoms with Gasteiger partial charge in [0.1, 0.15) is 0 Å². The molecule has 168 valence electrons. The maximum Gasteiger partial charge on any atom is 0.323 e. The first-order valence-corrected chi connectivity index (χ1v) is 10.9. The lowest BCUT2D eigenvalue weighted by Crippen LogP contribution is -2.51. The van der Waals surface area contributed by atoms with Crippen molar-refractivity contribution in [1.29, 1.82) is 0 Å². The number of methoxy groups -OCH3 is 2. The van der Waals surface area contributed by atoms with Crippen LogP contribution in [0.4, 0.5) is 11.4 Å². The standard InChI is InChI=1S/C25H28N2O5/c1-31-23(29)25(24(30)32-2)13-16-26(17-14-25)22(28)19-9-11-20(12-10-19)27-15-5-7-18-6-3-4-8-21(18)27/h3-4,6,8-12H,5,7,13-17H2,1-2H3. The van der Waals surface area contributed by atoms with E-state index in [9.17, 15) is 14.4 Å². The smallest absolute Gasteiger partial charge is 0.323 e. The Kier molecular flexibility index (Phi) is 6.17. The lowest BCUT2D eigenvalue weighted by molar-refractivity contribution is -0.172. The molecule has 0 atom stereocenters. The van der Waals surface area contributed by atoms with Gasteiger partial charge in [-0.3, -0.25) is 14.4 Å². The molecule has 32 heavy (non-hydrogen) atoms. The fourth-order valence-corrected chi connectivity index (χ4v) is 4.74. The van der Waals surface area contributed by atoms with Crippen molar-refractivity contribution < 1.29 is 23.9 Å². The van der Waals surface area contributed by atoms with E-state index >= 15 is 0 Å². The molecule has 2 aliphatic rings. The van der Waals surface area contributed by atoms with Crippen molar-refractivity contribution in [1.82, 2.24) is 4.90 Å². The molecule has 0 unspecified atom stereocenters. The number of fused-ring (bicyclic) bond motifs is 1. The molecule has 2 aliphatic heterocycles. The molecular formula is C25H28N2O5. The number of para-hydroxylation sites is 1. The number of hydrogen-bond donors (Lipinski definition) is 0. The van der Waals surface area contributed by atoms with Crippen molar-refractivity contribution in [3.05, 3.63) is 59.7 Å². The van der Waals surface area contributed by atoms with Crippen LogP contribution in [0.3, 0.4) is 0 Å². The zero-order valence-electron chi connectivity index (χ0n) is 18.5. The second-order valence-electron chi connectivity index (χ2n) is 8.29. The first kappa shape index (κ1) is 21.9. The van der Waals surface area contributed by atoms with Gasteiger partial charge in [-0.25, -0.2) is 0 Å². The summed E-state index contributed by atoms with van der Waals surface area (Å²) in [4.78, 5) is 41.6. The summed E-state index contributed by atoms with van der Waals surface area (Å²) < 4.78 is 9.69. The average Bonchev–Trinajstić information content (AvgIpc) is 2.87. The maximum atomic E-state index is 13.1. The minimum Gasteiger partial charge on any atom is -0.468 e. The van der Waals surface area contributed by atoms with Crippen LogP contribution in [0.5, 0.6) is 0 Å². The molecule has 0 aliphatic carbocycles. The molecule has 4 rings (SSSR count). The Labute approximate surface area is 187 Å². The van der Waals surface area contributed by atoms with E-state index in [0.29, 0.717) is 5.56 Å². The molecule has 1 amide bonds. The molecular weight excluding hydrogens is 408 g/mol. The van der Waals surface area contributed by atoms with Gasteiger partial charge in [-0.15, -0.1) is 0 Å². The number of piperidine rings is 1. The predicted octanol–water partition coefficient (Wildman–Crippen LogP) is 3.34. The van der Waals surface area contributed by atoms with Gasteiger partial charge in [-0.2, -0.15) is 0 Å². The SMILES string of the molecule is COC(=O)C1(C(=O)OC)CCN(C(=O)c2ccc(N3CCCc4ccccc43)cc2)CC1. The molecule has 1 saturated heterocycles. The molecule has 0 aromatic heterocycles. The highest BCUT2D eigenvalue weighted by molar-refractivity contribution is 6.01. The Hall–Kier alpha value is -3.35. The summed E-state index contributed by atoms with van der Waals surface area (Å²) in [6, 6.07) is 16.1. The second kappa shape index (κ2) is 9.02. The van der Waals surface area contributed by atoms with Gasteiger partial charge < -0.3 is 19.3 Å². The Morgan fingerprint density at radius 1 is 0.844 bits per heavy atom. The third kappa shape index (κ3) is 3.83. The van der Waals surface area contributed by atoms with E-state index in [4.69, 9.17) is 9.47 Å². The number of nitrogens with zero attached hydrogens (tertiary/aromatic N) is 2. The van der Waals surface area contributed by atoms with E-state index < -0.39 is 17.4 Å². The largest absolute Gasteiger partial charge is 0.468 e. The number of carbonyl (C=O) groups is 3. The summed E-state index contributed by atoms with van der Waals surface area (Å²) in [5.41, 5.74) is 2.86. The quantitative estimate of drug-likeness (QED) is 0.541. The summed E-state index contributed by atoms with van der Waals surface area (Å²) in [5.74, 6) is -1.33. The van der Waals surface area contributed by atoms with Crippen LogP contribution < -0.4 is 4.90 Å². The molecule has 1 fully saturated rings. The molecule has 2 heterocycles. The second-order valence-corrected chi connectivity index (χ2v) is 8.29. The first-order chi connectivity index (χ1) is 15.5. The van der Waals surface area contributed by atoms with Crippen LogP contribution in [-0.4, -0.2) is 56.6 Å². The lowest BCUT2D eigenvalue weighted by Gasteiger charge is -2.37. The van der Waals surface area contributed by atoms with Gasteiger partial charge in [0.05, 0.1) is 14.2 Å². The van der Waals surface area contributed by atoms with Crippen LogP contribution in [0.15, 0.2) is 48.5 Å². The van der Waals surface area contributed by atoms with Gasteiger partial charge in [-0.05, 0) is 61.6 Å². The average molecular weight is 437 g/mol. The monoisotopic (exact) mass is 436 g/mol. The van der Waals surface area contributed by atoms with Gasteiger partial charge in [0, 0.05) is 36.6 Å². The fourth-order valence-electron chi connectivity index (χ4n) is 4.74. The van der Waals surface area contributed by atoms with Crippen molar-refractivity contribution >= 4 is 29.2 Å². The summed E-state index contributed by atoms with van der Waals surface area (Å²) >= 11 is 0. The molecule has 0 saturated carbocycles. The molecule has 0 spiro atoms. The van der Waals surface area contributed by atoms with E-state index in [2.05, 4.69) is 23.1 Å². The van der Waals surface area contributed by atoms with Gasteiger partial charge in [-0.1, -0.05) is 18.2 Å². The van der Waals surface area contributed by atoms with Gasteiger partial charge in [0.15, 0.2) is 5.41 Å². The van der Waals surface area contributed by atoms with Crippen LogP contribution in [0.25, 0.3) is 0 Å². The van der Waals surface area contributed by atoms with Crippen LogP contribution in [-0.2, 0) is 25.5 Å². The number of esters is 2. The molecule has 7 heteroatoms. The topological polar surface area (TPSA) is 76.2 Å². The Morgan fingerprint density at radius 3 is 2.09 bits per heavy atom. The van der Waals surface area contributed by atoms with Crippen LogP contribution >= 0.6 is 0 Å². The van der Waals surface area contributed by atoms with E-state index in [1.807, 2.05) is 30.3 Å². The number of aryl methyl sites for hydroxylation is 1. The number of likely N-dealkylation sites (tertiary alicyclic amines) is 1. The number of amides is 1. The van der Waals surface area contributed by atoms with E-state index in [1.54, 1.807) is 4.90 Å². The van der Waals surface area contributed by atoms with Crippen LogP contribution in [0.1, 0.15) is 35.2 Å². The highest BCUT2D eigenvalue weighted by Gasteiger charge is 2.50. The molecule has 2 aromatic rings. The molecule has 2 aromatic carbocycles. The zero-order valence-corrected chi connectivity index (χ0v) is 18.5. The normalized spacial score (nSPS) is 17.3. The third-order valence-electron chi connectivity index (χ3n) is 6.59. The van der Waals surface area contributed by atoms with Crippen molar-refractivity contribution in [2.24, 2.45) is 5.41 Å². The Bertz CT molecular complexity index is 991. The summed E-state index contributed by atoms with van der Waals surface area (Å²) in [6.07, 6.45) is 2.53. The number of benzene rings is 2. The number of ether oxygens (including phenoxy) is 2. The van der Waals surface area contributed by atoms with E-state index in [1.165, 1.54) is 25.5 Å². The maximum absolute atomic E-state index is 13.1. The Morgan fingerprint density at radius 2 is 1.47 bits per heavy atom. The van der Waals surface area contributed by atoms with Crippen molar-refractivity contribution in [3.63, 3.8) is 0 Å². The predicted molar refractivity (Wildman–Crippen MR) is 120 cm³/mol. The Balaban J connectivity index is 1.46. The van der Waals surface area contributed by atoms with E-state index in [-0.39, 0.29) is 31.8 Å². The minimum atomic E-state index is -1.34. The fraction of sp³-hybridized carbons (Fsp3) is 0.400. The highest BCUT2D eigenvalue weighted by atomic mass is 16.5. The van der Waals surface area contributed by atoms with E-state index in [0.717, 1.165) is 25.1 Å². The number of carbonyl (C=O) groups excluding carboxylic acids is 3. The minimum absolute atomic E-state index is 0.112. The lowest BCUT2D eigenvalue weighted by atomic mass is 9.78. The molecule has 7 nitrogen and oxygen atoms in total. The number of rotatable bonds is 4. The zero-order chi connectivity index (χ0) is 22.7. The summed E-state index contributed by atoms with van der Waals surface area (Å²) in [7, 11) is 2.51. The molecule has 0 radical (unpaired) electrons. The first-order valence-electron chi connectivity index (χ1n) is 10.9. The van der Waals surface area contributed by atoms with Gasteiger partial charge in [0.25, 0.3) is 5.91 Å². The highest BCUT2D eigenvalue weighted by Crippen LogP contribution is 2.36. The van der Waals surface area contributed by atoms with Crippen LogP contribution in [0.2, 0.25) is 0 Å². The van der Waals surface area contributed by atoms with Crippen molar-refractivity contribution in [2.75, 3.05) is 38.8 Å². The van der Waals surface area contributed by atoms with Crippen molar-refractivity contribution in [2.45, 2.75) is 25.7 Å². The summed E-state index contributed by atoms with van der Waals surface area (Å²) in [5, 5.41) is 0. The molecule has 0 bridgehead atoms. The third-order valence-corrected chi connectivity index (χ3v) is 6.59. The van der Waals surface area contributed by atoms with Gasteiger partial charge >= 0.3 is 11.9 Å². The van der Waals surface area contributed by atoms with Crippen molar-refractivity contribution in [3.8, 4) is 0 Å². The number of hydrogen-bond acceptors (Lipinski definition) is 6. The molecule has 0 N–H and O–H groups in total.